The fraction of sp³-hybridized carbons (Fsp3) is 0.750. The summed E-state index contributed by atoms with van der Waals surface area (Å²) in [6, 6.07) is 0.412. The molecule has 0 amide bonds. The molecule has 2 heterocycles. The molecule has 1 aromatic heterocycles. The Morgan fingerprint density at radius 3 is 2.86 bits per heavy atom. The van der Waals surface area contributed by atoms with E-state index in [1.165, 1.54) is 12.8 Å². The Morgan fingerprint density at radius 2 is 2.24 bits per heavy atom. The fourth-order valence-electron chi connectivity index (χ4n) is 2.90. The van der Waals surface area contributed by atoms with Crippen molar-refractivity contribution in [3.8, 4) is 5.88 Å². The van der Waals surface area contributed by atoms with Gasteiger partial charge in [0.25, 0.3) is 0 Å². The molecule has 0 aliphatic carbocycles. The molecule has 0 spiro atoms. The number of anilines is 1. The first-order valence-electron chi connectivity index (χ1n) is 8.05. The maximum Gasteiger partial charge on any atom is 0.221 e. The fourth-order valence-corrected chi connectivity index (χ4v) is 2.90. The molecule has 1 aliphatic heterocycles. The van der Waals surface area contributed by atoms with Crippen molar-refractivity contribution in [2.45, 2.75) is 46.6 Å². The van der Waals surface area contributed by atoms with E-state index < -0.39 is 0 Å². The SMILES string of the molecule is CCOc1ncnc(N(CC2CCCNC2)C(C)C)c1C. The van der Waals surface area contributed by atoms with E-state index >= 15 is 0 Å². The van der Waals surface area contributed by atoms with Crippen molar-refractivity contribution in [1.82, 2.24) is 15.3 Å². The van der Waals surface area contributed by atoms with E-state index in [2.05, 4.69) is 41.0 Å². The van der Waals surface area contributed by atoms with Crippen LogP contribution in [0.25, 0.3) is 0 Å². The van der Waals surface area contributed by atoms with Crippen LogP contribution >= 0.6 is 0 Å². The molecular weight excluding hydrogens is 264 g/mol. The zero-order valence-electron chi connectivity index (χ0n) is 13.7. The van der Waals surface area contributed by atoms with Gasteiger partial charge in [0, 0.05) is 12.6 Å². The van der Waals surface area contributed by atoms with Gasteiger partial charge in [-0.25, -0.2) is 9.97 Å². The van der Waals surface area contributed by atoms with Crippen molar-refractivity contribution in [3.63, 3.8) is 0 Å². The van der Waals surface area contributed by atoms with E-state index in [9.17, 15) is 0 Å². The number of ether oxygens (including phenoxy) is 1. The van der Waals surface area contributed by atoms with Crippen LogP contribution in [0.4, 0.5) is 5.82 Å². The van der Waals surface area contributed by atoms with Crippen molar-refractivity contribution in [2.24, 2.45) is 5.92 Å². The van der Waals surface area contributed by atoms with E-state index in [0.29, 0.717) is 24.4 Å². The number of piperidine rings is 1. The highest BCUT2D eigenvalue weighted by Gasteiger charge is 2.22. The molecule has 1 fully saturated rings. The summed E-state index contributed by atoms with van der Waals surface area (Å²) in [5.41, 5.74) is 1.04. The van der Waals surface area contributed by atoms with E-state index in [0.717, 1.165) is 31.0 Å². The van der Waals surface area contributed by atoms with E-state index in [-0.39, 0.29) is 0 Å². The van der Waals surface area contributed by atoms with Crippen LogP contribution in [0.3, 0.4) is 0 Å². The lowest BCUT2D eigenvalue weighted by atomic mass is 9.98. The van der Waals surface area contributed by atoms with Crippen LogP contribution in [0.15, 0.2) is 6.33 Å². The second-order valence-corrected chi connectivity index (χ2v) is 6.02. The number of rotatable bonds is 6. The van der Waals surface area contributed by atoms with Gasteiger partial charge in [-0.05, 0) is 59.5 Å². The predicted octanol–water partition coefficient (Wildman–Crippen LogP) is 2.40. The standard InChI is InChI=1S/C16H28N4O/c1-5-21-16-13(4)15(18-11-19-16)20(12(2)3)10-14-7-6-8-17-9-14/h11-12,14,17H,5-10H2,1-4H3. The summed E-state index contributed by atoms with van der Waals surface area (Å²) in [6.07, 6.45) is 4.17. The zero-order valence-corrected chi connectivity index (χ0v) is 13.7. The van der Waals surface area contributed by atoms with Gasteiger partial charge in [0.15, 0.2) is 0 Å². The lowest BCUT2D eigenvalue weighted by molar-refractivity contribution is 0.323. The van der Waals surface area contributed by atoms with Gasteiger partial charge in [0.1, 0.15) is 12.1 Å². The van der Waals surface area contributed by atoms with Crippen LogP contribution in [-0.4, -0.2) is 42.3 Å². The van der Waals surface area contributed by atoms with Crippen LogP contribution in [0.2, 0.25) is 0 Å². The number of nitrogens with one attached hydrogen (secondary N) is 1. The third-order valence-electron chi connectivity index (χ3n) is 4.04. The van der Waals surface area contributed by atoms with E-state index in [1.54, 1.807) is 6.33 Å². The minimum atomic E-state index is 0.412. The predicted molar refractivity (Wildman–Crippen MR) is 86.0 cm³/mol. The molecule has 0 saturated carbocycles. The Labute approximate surface area is 128 Å². The molecule has 5 heteroatoms. The minimum absolute atomic E-state index is 0.412. The number of aromatic nitrogens is 2. The summed E-state index contributed by atoms with van der Waals surface area (Å²) in [7, 11) is 0. The number of hydrogen-bond donors (Lipinski definition) is 1. The zero-order chi connectivity index (χ0) is 15.2. The summed E-state index contributed by atoms with van der Waals surface area (Å²) < 4.78 is 5.61. The Bertz CT molecular complexity index is 444. The first kappa shape index (κ1) is 16.0. The van der Waals surface area contributed by atoms with Crippen molar-refractivity contribution >= 4 is 5.82 Å². The molecule has 0 radical (unpaired) electrons. The summed E-state index contributed by atoms with van der Waals surface area (Å²) in [6.45, 7) is 12.4. The Balaban J connectivity index is 2.19. The Morgan fingerprint density at radius 1 is 1.43 bits per heavy atom. The third kappa shape index (κ3) is 4.06. The van der Waals surface area contributed by atoms with Gasteiger partial charge >= 0.3 is 0 Å². The lowest BCUT2D eigenvalue weighted by Gasteiger charge is -2.34. The van der Waals surface area contributed by atoms with Crippen LogP contribution in [-0.2, 0) is 0 Å². The van der Waals surface area contributed by atoms with Crippen LogP contribution in [0, 0.1) is 12.8 Å². The van der Waals surface area contributed by atoms with Gasteiger partial charge in [0.05, 0.1) is 12.2 Å². The molecule has 1 aliphatic rings. The van der Waals surface area contributed by atoms with Crippen molar-refractivity contribution in [3.05, 3.63) is 11.9 Å². The quantitative estimate of drug-likeness (QED) is 0.872. The second kappa shape index (κ2) is 7.59. The van der Waals surface area contributed by atoms with Gasteiger partial charge in [0.2, 0.25) is 5.88 Å². The van der Waals surface area contributed by atoms with Crippen LogP contribution in [0.5, 0.6) is 5.88 Å². The largest absolute Gasteiger partial charge is 0.478 e. The van der Waals surface area contributed by atoms with Crippen molar-refractivity contribution in [1.29, 1.82) is 0 Å². The Kier molecular flexibility index (Phi) is 5.79. The molecule has 1 saturated heterocycles. The van der Waals surface area contributed by atoms with Gasteiger partial charge in [-0.3, -0.25) is 0 Å². The highest BCUT2D eigenvalue weighted by molar-refractivity contribution is 5.50. The second-order valence-electron chi connectivity index (χ2n) is 6.02. The molecule has 2 rings (SSSR count). The average molecular weight is 292 g/mol. The lowest BCUT2D eigenvalue weighted by Crippen LogP contribution is -2.42. The first-order valence-corrected chi connectivity index (χ1v) is 8.05. The van der Waals surface area contributed by atoms with Gasteiger partial charge in [-0.15, -0.1) is 0 Å². The molecule has 118 valence electrons. The summed E-state index contributed by atoms with van der Waals surface area (Å²) in [5, 5.41) is 3.49. The molecule has 0 bridgehead atoms. The van der Waals surface area contributed by atoms with Crippen LogP contribution in [0.1, 0.15) is 39.2 Å². The molecule has 1 N–H and O–H groups in total. The summed E-state index contributed by atoms with van der Waals surface area (Å²) >= 11 is 0. The Hall–Kier alpha value is -1.36. The van der Waals surface area contributed by atoms with Crippen molar-refractivity contribution < 1.29 is 4.74 Å². The number of hydrogen-bond acceptors (Lipinski definition) is 5. The molecular formula is C16H28N4O. The monoisotopic (exact) mass is 292 g/mol. The third-order valence-corrected chi connectivity index (χ3v) is 4.04. The first-order chi connectivity index (χ1) is 10.1. The molecule has 5 nitrogen and oxygen atoms in total. The maximum absolute atomic E-state index is 5.61. The van der Waals surface area contributed by atoms with E-state index in [4.69, 9.17) is 4.74 Å². The highest BCUT2D eigenvalue weighted by Crippen LogP contribution is 2.27. The van der Waals surface area contributed by atoms with Gasteiger partial charge < -0.3 is 15.0 Å². The molecule has 1 aromatic rings. The smallest absolute Gasteiger partial charge is 0.221 e. The number of nitrogens with zero attached hydrogens (tertiary/aromatic N) is 3. The highest BCUT2D eigenvalue weighted by atomic mass is 16.5. The topological polar surface area (TPSA) is 50.3 Å². The van der Waals surface area contributed by atoms with Gasteiger partial charge in [-0.1, -0.05) is 0 Å². The van der Waals surface area contributed by atoms with E-state index in [1.807, 2.05) is 6.92 Å². The average Bonchev–Trinajstić information content (AvgIpc) is 2.48. The van der Waals surface area contributed by atoms with Gasteiger partial charge in [-0.2, -0.15) is 0 Å². The normalized spacial score (nSPS) is 18.8. The molecule has 0 aromatic carbocycles. The molecule has 1 atom stereocenters. The van der Waals surface area contributed by atoms with Crippen molar-refractivity contribution in [2.75, 3.05) is 31.1 Å². The summed E-state index contributed by atoms with van der Waals surface area (Å²) in [5.74, 6) is 2.40. The molecule has 21 heavy (non-hydrogen) atoms. The maximum atomic E-state index is 5.61. The minimum Gasteiger partial charge on any atom is -0.478 e. The van der Waals surface area contributed by atoms with Crippen LogP contribution < -0.4 is 15.0 Å². The molecule has 1 unspecified atom stereocenters. The summed E-state index contributed by atoms with van der Waals surface area (Å²) in [4.78, 5) is 11.2.